The van der Waals surface area contributed by atoms with Crippen LogP contribution in [-0.4, -0.2) is 11.1 Å². The number of carboxylic acids is 1. The van der Waals surface area contributed by atoms with Gasteiger partial charge in [0.25, 0.3) is 0 Å². The van der Waals surface area contributed by atoms with Gasteiger partial charge in [-0.1, -0.05) is 32.8 Å². The van der Waals surface area contributed by atoms with Crippen molar-refractivity contribution >= 4 is 5.97 Å². The highest BCUT2D eigenvalue weighted by Gasteiger charge is 2.14. The average Bonchev–Trinajstić information content (AvgIpc) is 2.12. The van der Waals surface area contributed by atoms with Gasteiger partial charge in [0.1, 0.15) is 0 Å². The molecular weight excluding hydrogens is 176 g/mol. The minimum atomic E-state index is -0.678. The molecule has 2 heteroatoms. The molecule has 0 saturated carbocycles. The second-order valence-electron chi connectivity index (χ2n) is 4.15. The molecule has 0 fully saturated rings. The number of hydrogen-bond donors (Lipinski definition) is 1. The molecule has 0 amide bonds. The summed E-state index contributed by atoms with van der Waals surface area (Å²) in [6.45, 7) is 7.58. The Bertz CT molecular complexity index is 175. The number of aliphatic carboxylic acids is 1. The number of unbranched alkanes of at least 4 members (excludes halogenated alkanes) is 2. The molecule has 14 heavy (non-hydrogen) atoms. The van der Waals surface area contributed by atoms with Crippen molar-refractivity contribution in [3.8, 4) is 0 Å². The van der Waals surface area contributed by atoms with E-state index in [-0.39, 0.29) is 5.92 Å². The van der Waals surface area contributed by atoms with E-state index in [1.54, 1.807) is 6.92 Å². The molecule has 1 N–H and O–H groups in total. The third kappa shape index (κ3) is 6.70. The topological polar surface area (TPSA) is 37.3 Å². The van der Waals surface area contributed by atoms with Gasteiger partial charge in [0.2, 0.25) is 0 Å². The largest absolute Gasteiger partial charge is 0.481 e. The van der Waals surface area contributed by atoms with Crippen LogP contribution >= 0.6 is 0 Å². The summed E-state index contributed by atoms with van der Waals surface area (Å²) >= 11 is 0. The molecule has 0 aliphatic carbocycles. The summed E-state index contributed by atoms with van der Waals surface area (Å²) in [7, 11) is 0. The van der Waals surface area contributed by atoms with Gasteiger partial charge >= 0.3 is 5.97 Å². The van der Waals surface area contributed by atoms with Gasteiger partial charge in [0, 0.05) is 0 Å². The molecule has 0 unspecified atom stereocenters. The summed E-state index contributed by atoms with van der Waals surface area (Å²) in [5, 5.41) is 8.73. The van der Waals surface area contributed by atoms with E-state index in [2.05, 4.69) is 13.5 Å². The van der Waals surface area contributed by atoms with Crippen LogP contribution in [0.2, 0.25) is 0 Å². The second kappa shape index (κ2) is 7.60. The van der Waals surface area contributed by atoms with Crippen molar-refractivity contribution < 1.29 is 9.90 Å². The summed E-state index contributed by atoms with van der Waals surface area (Å²) in [6, 6.07) is 0. The van der Waals surface area contributed by atoms with E-state index in [4.69, 9.17) is 5.11 Å². The molecular formula is C12H22O2. The summed E-state index contributed by atoms with van der Waals surface area (Å²) in [4.78, 5) is 10.6. The van der Waals surface area contributed by atoms with E-state index < -0.39 is 5.97 Å². The fraction of sp³-hybridized carbons (Fsp3) is 0.750. The SMILES string of the molecule is C=CCCCC[C@H](C)C[C@@H](C)C(=O)O. The van der Waals surface area contributed by atoms with Crippen LogP contribution in [-0.2, 0) is 4.79 Å². The normalized spacial score (nSPS) is 14.7. The highest BCUT2D eigenvalue weighted by atomic mass is 16.4. The predicted octanol–water partition coefficient (Wildman–Crippen LogP) is 3.48. The van der Waals surface area contributed by atoms with Crippen molar-refractivity contribution in [1.82, 2.24) is 0 Å². The van der Waals surface area contributed by atoms with E-state index in [1.165, 1.54) is 12.8 Å². The lowest BCUT2D eigenvalue weighted by atomic mass is 9.93. The average molecular weight is 198 g/mol. The smallest absolute Gasteiger partial charge is 0.306 e. The van der Waals surface area contributed by atoms with Crippen LogP contribution in [0.3, 0.4) is 0 Å². The van der Waals surface area contributed by atoms with Gasteiger partial charge < -0.3 is 5.11 Å². The first-order chi connectivity index (χ1) is 6.57. The van der Waals surface area contributed by atoms with Crippen molar-refractivity contribution in [2.24, 2.45) is 11.8 Å². The lowest BCUT2D eigenvalue weighted by molar-refractivity contribution is -0.141. The fourth-order valence-corrected chi connectivity index (χ4v) is 1.60. The molecule has 82 valence electrons. The zero-order valence-electron chi connectivity index (χ0n) is 9.33. The molecule has 0 radical (unpaired) electrons. The summed E-state index contributed by atoms with van der Waals surface area (Å²) in [5.74, 6) is -0.363. The van der Waals surface area contributed by atoms with Gasteiger partial charge in [-0.05, 0) is 25.2 Å². The molecule has 0 aromatic rings. The number of carboxylic acid groups (broad SMARTS) is 1. The third-order valence-electron chi connectivity index (χ3n) is 2.53. The summed E-state index contributed by atoms with van der Waals surface area (Å²) in [6.07, 6.45) is 7.29. The van der Waals surface area contributed by atoms with Crippen LogP contribution in [0, 0.1) is 11.8 Å². The van der Waals surface area contributed by atoms with Crippen molar-refractivity contribution in [2.45, 2.75) is 46.0 Å². The Kier molecular flexibility index (Phi) is 7.17. The molecule has 0 rings (SSSR count). The minimum absolute atomic E-state index is 0.204. The van der Waals surface area contributed by atoms with Gasteiger partial charge in [-0.15, -0.1) is 6.58 Å². The first kappa shape index (κ1) is 13.2. The predicted molar refractivity (Wildman–Crippen MR) is 59.2 cm³/mol. The van der Waals surface area contributed by atoms with E-state index in [0.29, 0.717) is 5.92 Å². The monoisotopic (exact) mass is 198 g/mol. The third-order valence-corrected chi connectivity index (χ3v) is 2.53. The van der Waals surface area contributed by atoms with E-state index in [0.717, 1.165) is 19.3 Å². The standard InChI is InChI=1S/C12H22O2/c1-4-5-6-7-8-10(2)9-11(3)12(13)14/h4,10-11H,1,5-9H2,2-3H3,(H,13,14)/t10-,11+/m0/s1. The molecule has 0 aromatic heterocycles. The van der Waals surface area contributed by atoms with Crippen molar-refractivity contribution in [1.29, 1.82) is 0 Å². The van der Waals surface area contributed by atoms with Crippen LogP contribution in [0.15, 0.2) is 12.7 Å². The van der Waals surface area contributed by atoms with Crippen LogP contribution in [0.4, 0.5) is 0 Å². The first-order valence-electron chi connectivity index (χ1n) is 5.41. The number of carbonyl (C=O) groups is 1. The number of rotatable bonds is 8. The molecule has 0 bridgehead atoms. The fourth-order valence-electron chi connectivity index (χ4n) is 1.60. The molecule has 0 spiro atoms. The molecule has 2 atom stereocenters. The van der Waals surface area contributed by atoms with Crippen LogP contribution in [0.1, 0.15) is 46.0 Å². The zero-order chi connectivity index (χ0) is 11.0. The molecule has 0 saturated heterocycles. The van der Waals surface area contributed by atoms with Crippen molar-refractivity contribution in [2.75, 3.05) is 0 Å². The quantitative estimate of drug-likeness (QED) is 0.479. The Morgan fingerprint density at radius 1 is 1.43 bits per heavy atom. The Labute approximate surface area is 87.0 Å². The highest BCUT2D eigenvalue weighted by molar-refractivity contribution is 5.69. The van der Waals surface area contributed by atoms with E-state index in [1.807, 2.05) is 6.08 Å². The second-order valence-corrected chi connectivity index (χ2v) is 4.15. The first-order valence-corrected chi connectivity index (χ1v) is 5.41. The van der Waals surface area contributed by atoms with Crippen molar-refractivity contribution in [3.05, 3.63) is 12.7 Å². The summed E-state index contributed by atoms with van der Waals surface area (Å²) in [5.41, 5.74) is 0. The Balaban J connectivity index is 3.49. The Morgan fingerprint density at radius 3 is 2.57 bits per heavy atom. The molecule has 2 nitrogen and oxygen atoms in total. The zero-order valence-corrected chi connectivity index (χ0v) is 9.33. The Morgan fingerprint density at radius 2 is 2.07 bits per heavy atom. The molecule has 0 aliphatic rings. The van der Waals surface area contributed by atoms with Crippen molar-refractivity contribution in [3.63, 3.8) is 0 Å². The van der Waals surface area contributed by atoms with E-state index >= 15 is 0 Å². The van der Waals surface area contributed by atoms with Gasteiger partial charge in [-0.25, -0.2) is 0 Å². The molecule has 0 heterocycles. The summed E-state index contributed by atoms with van der Waals surface area (Å²) < 4.78 is 0. The maximum atomic E-state index is 10.6. The van der Waals surface area contributed by atoms with Gasteiger partial charge in [-0.2, -0.15) is 0 Å². The minimum Gasteiger partial charge on any atom is -0.481 e. The molecule has 0 aromatic carbocycles. The van der Waals surface area contributed by atoms with E-state index in [9.17, 15) is 4.79 Å². The van der Waals surface area contributed by atoms with Gasteiger partial charge in [0.15, 0.2) is 0 Å². The van der Waals surface area contributed by atoms with Gasteiger partial charge in [0.05, 0.1) is 5.92 Å². The van der Waals surface area contributed by atoms with Crippen LogP contribution < -0.4 is 0 Å². The van der Waals surface area contributed by atoms with Gasteiger partial charge in [-0.3, -0.25) is 4.79 Å². The molecule has 0 aliphatic heterocycles. The van der Waals surface area contributed by atoms with Crippen LogP contribution in [0.5, 0.6) is 0 Å². The number of hydrogen-bond acceptors (Lipinski definition) is 1. The highest BCUT2D eigenvalue weighted by Crippen LogP contribution is 2.18. The number of allylic oxidation sites excluding steroid dienone is 1. The lowest BCUT2D eigenvalue weighted by Gasteiger charge is -2.13. The lowest BCUT2D eigenvalue weighted by Crippen LogP contribution is -2.13. The Hall–Kier alpha value is -0.790. The van der Waals surface area contributed by atoms with Crippen LogP contribution in [0.25, 0.3) is 0 Å². The maximum Gasteiger partial charge on any atom is 0.306 e. The maximum absolute atomic E-state index is 10.6.